The van der Waals surface area contributed by atoms with Gasteiger partial charge < -0.3 is 33.3 Å². The molecule has 0 aromatic carbocycles. The van der Waals surface area contributed by atoms with E-state index in [0.29, 0.717) is 17.4 Å². The van der Waals surface area contributed by atoms with Gasteiger partial charge in [0.15, 0.2) is 12.4 Å². The smallest absolute Gasteiger partial charge is 0.306 e. The van der Waals surface area contributed by atoms with Crippen LogP contribution in [0, 0.1) is 0 Å². The lowest BCUT2D eigenvalue weighted by atomic mass is 10.0. The number of hydrogen-bond acceptors (Lipinski definition) is 8. The van der Waals surface area contributed by atoms with E-state index in [4.69, 9.17) is 18.9 Å². The molecular formula is C80H133NO8. The number of allylic oxidation sites excluding steroid dienone is 24. The van der Waals surface area contributed by atoms with E-state index in [1.54, 1.807) is 0 Å². The highest BCUT2D eigenvalue weighted by Crippen LogP contribution is 2.16. The van der Waals surface area contributed by atoms with Crippen LogP contribution in [0.25, 0.3) is 0 Å². The Kier molecular flexibility index (Phi) is 65.3. The van der Waals surface area contributed by atoms with Crippen LogP contribution < -0.4 is 5.11 Å². The van der Waals surface area contributed by atoms with Gasteiger partial charge in [-0.15, -0.1) is 0 Å². The van der Waals surface area contributed by atoms with E-state index in [1.165, 1.54) is 128 Å². The monoisotopic (exact) mass is 1240 g/mol. The molecule has 0 saturated heterocycles. The van der Waals surface area contributed by atoms with E-state index >= 15 is 0 Å². The lowest BCUT2D eigenvalue weighted by Crippen LogP contribution is -2.44. The molecule has 0 aromatic heterocycles. The summed E-state index contributed by atoms with van der Waals surface area (Å²) in [5, 5.41) is 11.8. The van der Waals surface area contributed by atoms with Gasteiger partial charge >= 0.3 is 11.9 Å². The van der Waals surface area contributed by atoms with E-state index in [-0.39, 0.29) is 38.6 Å². The molecule has 9 nitrogen and oxygen atoms in total. The summed E-state index contributed by atoms with van der Waals surface area (Å²) < 4.78 is 22.8. The average molecular weight is 1240 g/mol. The van der Waals surface area contributed by atoms with Gasteiger partial charge in [-0.3, -0.25) is 9.59 Å². The fraction of sp³-hybridized carbons (Fsp3) is 0.662. The van der Waals surface area contributed by atoms with Crippen molar-refractivity contribution in [3.63, 3.8) is 0 Å². The summed E-state index contributed by atoms with van der Waals surface area (Å²) in [6.07, 6.45) is 97.8. The number of ether oxygens (including phenoxy) is 4. The molecule has 9 heteroatoms. The zero-order valence-electron chi connectivity index (χ0n) is 57.8. The third-order valence-electron chi connectivity index (χ3n) is 15.1. The lowest BCUT2D eigenvalue weighted by Gasteiger charge is -2.26. The second kappa shape index (κ2) is 69.1. The van der Waals surface area contributed by atoms with Crippen LogP contribution in [-0.4, -0.2) is 82.3 Å². The van der Waals surface area contributed by atoms with Crippen molar-refractivity contribution in [3.8, 4) is 0 Å². The molecule has 0 saturated carbocycles. The van der Waals surface area contributed by atoms with Crippen LogP contribution in [0.4, 0.5) is 0 Å². The van der Waals surface area contributed by atoms with Crippen molar-refractivity contribution in [2.45, 2.75) is 296 Å². The average Bonchev–Trinajstić information content (AvgIpc) is 3.64. The summed E-state index contributed by atoms with van der Waals surface area (Å²) >= 11 is 0. The van der Waals surface area contributed by atoms with Gasteiger partial charge in [-0.25, -0.2) is 0 Å². The van der Waals surface area contributed by atoms with Gasteiger partial charge in [-0.2, -0.15) is 0 Å². The molecule has 2 unspecified atom stereocenters. The normalized spacial score (nSPS) is 13.6. The zero-order chi connectivity index (χ0) is 64.7. The Morgan fingerprint density at radius 2 is 0.640 bits per heavy atom. The first-order valence-corrected chi connectivity index (χ1v) is 36.0. The Balaban J connectivity index is 4.13. The minimum atomic E-state index is -1.63. The number of carbonyl (C=O) groups is 3. The maximum atomic E-state index is 12.9. The summed E-state index contributed by atoms with van der Waals surface area (Å²) in [7, 11) is 5.92. The highest BCUT2D eigenvalue weighted by Gasteiger charge is 2.22. The van der Waals surface area contributed by atoms with Crippen molar-refractivity contribution in [1.82, 2.24) is 0 Å². The molecule has 0 amide bonds. The predicted octanol–water partition coefficient (Wildman–Crippen LogP) is 21.4. The van der Waals surface area contributed by atoms with Gasteiger partial charge in [0.1, 0.15) is 13.2 Å². The number of nitrogens with zero attached hydrogens (tertiary/aromatic N) is 1. The maximum Gasteiger partial charge on any atom is 0.306 e. The fourth-order valence-electron chi connectivity index (χ4n) is 9.60. The summed E-state index contributed by atoms with van der Waals surface area (Å²) in [5.74, 6) is -2.30. The van der Waals surface area contributed by atoms with Crippen LogP contribution in [-0.2, 0) is 33.3 Å². The summed E-state index contributed by atoms with van der Waals surface area (Å²) in [6.45, 7) is 4.62. The summed E-state index contributed by atoms with van der Waals surface area (Å²) in [4.78, 5) is 37.5. The number of carboxylic acid groups (broad SMARTS) is 1. The SMILES string of the molecule is CC/C=C\C/C=C\C/C=C\C/C=C\C/C=C\C/C=C\C/C=C\C/C=C\C/C=C\CCCCCCCCCCCCCCCC(=O)OC(COC(=O)CCCCCCCCCC/C=C\C/C=C\C/C=C\CCCCCCC)COC(OCC[N+](C)(C)C)C(=O)[O-]. The van der Waals surface area contributed by atoms with Gasteiger partial charge in [0, 0.05) is 12.8 Å². The number of quaternary nitrogens is 1. The number of rotatable bonds is 65. The summed E-state index contributed by atoms with van der Waals surface area (Å²) in [6, 6.07) is 0. The second-order valence-corrected chi connectivity index (χ2v) is 24.8. The molecule has 0 rings (SSSR count). The van der Waals surface area contributed by atoms with Crippen LogP contribution in [0.3, 0.4) is 0 Å². The first-order chi connectivity index (χ1) is 43.6. The molecule has 506 valence electrons. The van der Waals surface area contributed by atoms with Crippen LogP contribution in [0.2, 0.25) is 0 Å². The molecule has 0 heterocycles. The molecular weight excluding hydrogens is 1100 g/mol. The van der Waals surface area contributed by atoms with E-state index in [0.717, 1.165) is 122 Å². The molecule has 0 aliphatic carbocycles. The summed E-state index contributed by atoms with van der Waals surface area (Å²) in [5.41, 5.74) is 0. The van der Waals surface area contributed by atoms with E-state index in [9.17, 15) is 19.5 Å². The number of likely N-dealkylation sites (N-methyl/N-ethyl adjacent to an activating group) is 1. The lowest BCUT2D eigenvalue weighted by molar-refractivity contribution is -0.870. The molecule has 0 spiro atoms. The zero-order valence-corrected chi connectivity index (χ0v) is 57.8. The number of hydrogen-bond donors (Lipinski definition) is 0. The van der Waals surface area contributed by atoms with Crippen molar-refractivity contribution in [2.24, 2.45) is 0 Å². The molecule has 0 aliphatic heterocycles. The van der Waals surface area contributed by atoms with Gasteiger partial charge in [0.25, 0.3) is 0 Å². The Morgan fingerprint density at radius 3 is 0.955 bits per heavy atom. The van der Waals surface area contributed by atoms with Gasteiger partial charge in [0.05, 0.1) is 40.3 Å². The van der Waals surface area contributed by atoms with Crippen molar-refractivity contribution >= 4 is 17.9 Å². The Hall–Kier alpha value is -4.83. The minimum absolute atomic E-state index is 0.140. The molecule has 0 N–H and O–H groups in total. The number of aliphatic carboxylic acids is 1. The first kappa shape index (κ1) is 84.2. The van der Waals surface area contributed by atoms with Gasteiger partial charge in [0.2, 0.25) is 0 Å². The Bertz CT molecular complexity index is 1970. The number of unbranched alkanes of at least 4 members (excludes halogenated alkanes) is 26. The highest BCUT2D eigenvalue weighted by molar-refractivity contribution is 5.70. The van der Waals surface area contributed by atoms with E-state index in [2.05, 4.69) is 160 Å². The van der Waals surface area contributed by atoms with Crippen molar-refractivity contribution in [2.75, 3.05) is 47.5 Å². The molecule has 89 heavy (non-hydrogen) atoms. The van der Waals surface area contributed by atoms with Crippen LogP contribution in [0.5, 0.6) is 0 Å². The first-order valence-electron chi connectivity index (χ1n) is 36.0. The molecule has 0 fully saturated rings. The van der Waals surface area contributed by atoms with Gasteiger partial charge in [-0.05, 0) is 122 Å². The molecule has 2 atom stereocenters. The molecule has 0 aliphatic rings. The van der Waals surface area contributed by atoms with Crippen LogP contribution in [0.1, 0.15) is 284 Å². The van der Waals surface area contributed by atoms with Gasteiger partial charge in [-0.1, -0.05) is 295 Å². The maximum absolute atomic E-state index is 12.9. The predicted molar refractivity (Wildman–Crippen MR) is 379 cm³/mol. The van der Waals surface area contributed by atoms with Crippen molar-refractivity contribution < 1.29 is 42.9 Å². The Morgan fingerprint density at radius 1 is 0.348 bits per heavy atom. The largest absolute Gasteiger partial charge is 0.545 e. The standard InChI is InChI=1S/C80H133NO8/c1-6-8-10-12-14-16-18-20-22-24-26-28-30-31-32-33-34-35-36-37-38-39-40-41-42-43-44-45-46-47-49-51-53-55-57-59-61-63-65-67-69-71-78(83)89-76(75-88-80(79(84)85)86-73-72-81(3,4)5)74-87-77(82)70-68-66-64-62-60-58-56-54-52-50-48-29-27-25-23-21-19-17-15-13-11-9-7-2/h8,10,14,16,19-22,25-28,31-32,34-35,37-38,40-41,43-44,48,50,76,80H,6-7,9,11-13,15,17-18,23-24,29-30,33,36,39,42,45-47,49,51-75H2,1-5H3/b10-8-,16-14-,21-19-,22-20-,27-25-,28-26-,32-31-,35-34-,38-37-,41-40-,44-43-,50-48-. The highest BCUT2D eigenvalue weighted by atomic mass is 16.7. The van der Waals surface area contributed by atoms with E-state index < -0.39 is 24.3 Å². The third kappa shape index (κ3) is 70.5. The Labute approximate surface area is 547 Å². The number of esters is 2. The molecule has 0 aromatic rings. The van der Waals surface area contributed by atoms with Crippen LogP contribution >= 0.6 is 0 Å². The van der Waals surface area contributed by atoms with Crippen molar-refractivity contribution in [3.05, 3.63) is 146 Å². The minimum Gasteiger partial charge on any atom is -0.545 e. The third-order valence-corrected chi connectivity index (χ3v) is 15.1. The number of carbonyl (C=O) groups excluding carboxylic acids is 3. The second-order valence-electron chi connectivity index (χ2n) is 24.8. The molecule has 0 radical (unpaired) electrons. The molecule has 0 bridgehead atoms. The van der Waals surface area contributed by atoms with Crippen LogP contribution in [0.15, 0.2) is 146 Å². The topological polar surface area (TPSA) is 111 Å². The fourth-order valence-corrected chi connectivity index (χ4v) is 9.60. The number of carboxylic acids is 1. The van der Waals surface area contributed by atoms with Crippen molar-refractivity contribution in [1.29, 1.82) is 0 Å². The van der Waals surface area contributed by atoms with E-state index in [1.807, 2.05) is 21.1 Å². The quantitative estimate of drug-likeness (QED) is 0.0195.